The van der Waals surface area contributed by atoms with Gasteiger partial charge in [0.05, 0.1) is 13.5 Å². The van der Waals surface area contributed by atoms with E-state index in [0.717, 1.165) is 12.5 Å². The Balaban J connectivity index is 3.88. The van der Waals surface area contributed by atoms with Crippen LogP contribution in [0.2, 0.25) is 0 Å². The smallest absolute Gasteiger partial charge is 0.307 e. The number of unbranched alkanes of at least 4 members (excludes halogenated alkanes) is 1. The molecule has 0 saturated heterocycles. The number of carbonyl (C=O) groups excluding carboxylic acids is 1. The van der Waals surface area contributed by atoms with E-state index in [1.165, 1.54) is 32.8 Å². The van der Waals surface area contributed by atoms with Crippen molar-refractivity contribution < 1.29 is 9.53 Å². The molecule has 0 radical (unpaired) electrons. The molecule has 0 spiro atoms. The number of nitrogens with one attached hydrogen (secondary N) is 2. The van der Waals surface area contributed by atoms with Crippen LogP contribution in [-0.4, -0.2) is 39.2 Å². The van der Waals surface area contributed by atoms with E-state index in [1.807, 2.05) is 0 Å². The summed E-state index contributed by atoms with van der Waals surface area (Å²) in [6.07, 6.45) is 5.28. The number of aliphatic imine (C=N–C) groups is 1. The predicted octanol–water partition coefficient (Wildman–Crippen LogP) is 1.93. The Bertz CT molecular complexity index is 267. The molecule has 0 aliphatic heterocycles. The van der Waals surface area contributed by atoms with Crippen molar-refractivity contribution in [3.63, 3.8) is 0 Å². The quantitative estimate of drug-likeness (QED) is 0.382. The van der Waals surface area contributed by atoms with Crippen molar-refractivity contribution in [1.82, 2.24) is 10.6 Å². The van der Waals surface area contributed by atoms with Crippen molar-refractivity contribution in [1.29, 1.82) is 0 Å². The van der Waals surface area contributed by atoms with Gasteiger partial charge in [-0.1, -0.05) is 33.1 Å². The fourth-order valence-corrected chi connectivity index (χ4v) is 1.79. The molecule has 0 heterocycles. The highest BCUT2D eigenvalue weighted by Gasteiger charge is 2.07. The van der Waals surface area contributed by atoms with Crippen LogP contribution in [0.4, 0.5) is 0 Å². The van der Waals surface area contributed by atoms with Crippen molar-refractivity contribution in [3.05, 3.63) is 0 Å². The van der Waals surface area contributed by atoms with E-state index in [-0.39, 0.29) is 5.97 Å². The van der Waals surface area contributed by atoms with Crippen LogP contribution in [0.5, 0.6) is 0 Å². The van der Waals surface area contributed by atoms with Crippen LogP contribution in [0.3, 0.4) is 0 Å². The summed E-state index contributed by atoms with van der Waals surface area (Å²) in [5, 5.41) is 6.42. The first-order valence-corrected chi connectivity index (χ1v) is 7.19. The lowest BCUT2D eigenvalue weighted by atomic mass is 9.99. The third-order valence-electron chi connectivity index (χ3n) is 3.17. The van der Waals surface area contributed by atoms with Gasteiger partial charge in [0.25, 0.3) is 0 Å². The molecule has 0 aliphatic carbocycles. The lowest BCUT2D eigenvalue weighted by molar-refractivity contribution is -0.140. The second kappa shape index (κ2) is 11.8. The Kier molecular flexibility index (Phi) is 11.0. The maximum absolute atomic E-state index is 11.0. The largest absolute Gasteiger partial charge is 0.469 e. The molecule has 19 heavy (non-hydrogen) atoms. The first-order valence-electron chi connectivity index (χ1n) is 7.19. The van der Waals surface area contributed by atoms with E-state index >= 15 is 0 Å². The molecule has 0 aromatic heterocycles. The van der Waals surface area contributed by atoms with Gasteiger partial charge >= 0.3 is 5.97 Å². The minimum absolute atomic E-state index is 0.211. The van der Waals surface area contributed by atoms with Crippen molar-refractivity contribution >= 4 is 11.9 Å². The molecular formula is C14H29N3O2. The molecular weight excluding hydrogens is 242 g/mol. The number of hydrogen-bond acceptors (Lipinski definition) is 3. The van der Waals surface area contributed by atoms with Crippen LogP contribution >= 0.6 is 0 Å². The summed E-state index contributed by atoms with van der Waals surface area (Å²) >= 11 is 0. The van der Waals surface area contributed by atoms with Gasteiger partial charge in [0.2, 0.25) is 0 Å². The van der Waals surface area contributed by atoms with Crippen LogP contribution in [-0.2, 0) is 9.53 Å². The number of esters is 1. The van der Waals surface area contributed by atoms with Crippen LogP contribution < -0.4 is 10.6 Å². The highest BCUT2D eigenvalue weighted by Crippen LogP contribution is 2.10. The van der Waals surface area contributed by atoms with Crippen LogP contribution in [0, 0.1) is 5.92 Å². The molecule has 0 aromatic rings. The molecule has 1 atom stereocenters. The van der Waals surface area contributed by atoms with E-state index in [9.17, 15) is 4.79 Å². The summed E-state index contributed by atoms with van der Waals surface area (Å²) in [5.41, 5.74) is 0. The Morgan fingerprint density at radius 3 is 2.58 bits per heavy atom. The molecule has 0 saturated carbocycles. The molecule has 5 nitrogen and oxygen atoms in total. The molecule has 2 N–H and O–H groups in total. The van der Waals surface area contributed by atoms with E-state index < -0.39 is 0 Å². The molecule has 5 heteroatoms. The summed E-state index contributed by atoms with van der Waals surface area (Å²) in [5.74, 6) is 1.22. The zero-order chi connectivity index (χ0) is 14.5. The van der Waals surface area contributed by atoms with E-state index in [4.69, 9.17) is 0 Å². The number of carbonyl (C=O) groups is 1. The number of methoxy groups -OCH3 is 1. The summed E-state index contributed by atoms with van der Waals surface area (Å²) in [4.78, 5) is 15.1. The van der Waals surface area contributed by atoms with Gasteiger partial charge in [0, 0.05) is 20.1 Å². The van der Waals surface area contributed by atoms with Gasteiger partial charge in [-0.2, -0.15) is 0 Å². The molecule has 112 valence electrons. The van der Waals surface area contributed by atoms with Crippen molar-refractivity contribution in [3.8, 4) is 0 Å². The maximum Gasteiger partial charge on any atom is 0.307 e. The molecule has 0 aliphatic rings. The first-order chi connectivity index (χ1) is 9.17. The molecule has 0 rings (SSSR count). The summed E-state index contributed by atoms with van der Waals surface area (Å²) < 4.78 is 4.59. The highest BCUT2D eigenvalue weighted by molar-refractivity contribution is 5.80. The van der Waals surface area contributed by atoms with E-state index in [1.54, 1.807) is 7.05 Å². The fourth-order valence-electron chi connectivity index (χ4n) is 1.79. The average Bonchev–Trinajstić information content (AvgIpc) is 2.44. The van der Waals surface area contributed by atoms with Crippen LogP contribution in [0.25, 0.3) is 0 Å². The number of rotatable bonds is 9. The minimum Gasteiger partial charge on any atom is -0.469 e. The van der Waals surface area contributed by atoms with Gasteiger partial charge in [0.1, 0.15) is 0 Å². The lowest BCUT2D eigenvalue weighted by Gasteiger charge is -2.17. The van der Waals surface area contributed by atoms with Gasteiger partial charge < -0.3 is 15.4 Å². The maximum atomic E-state index is 11.0. The lowest BCUT2D eigenvalue weighted by Crippen LogP contribution is -2.40. The first kappa shape index (κ1) is 17.7. The summed E-state index contributed by atoms with van der Waals surface area (Å²) in [6, 6.07) is 0. The van der Waals surface area contributed by atoms with Crippen LogP contribution in [0.1, 0.15) is 46.0 Å². The van der Waals surface area contributed by atoms with E-state index in [0.29, 0.717) is 18.9 Å². The zero-order valence-electron chi connectivity index (χ0n) is 12.8. The molecule has 0 aromatic carbocycles. The summed E-state index contributed by atoms with van der Waals surface area (Å²) in [7, 11) is 3.13. The second-order valence-corrected chi connectivity index (χ2v) is 4.62. The highest BCUT2D eigenvalue weighted by atomic mass is 16.5. The normalized spacial score (nSPS) is 12.9. The zero-order valence-corrected chi connectivity index (χ0v) is 12.8. The van der Waals surface area contributed by atoms with Crippen LogP contribution in [0.15, 0.2) is 4.99 Å². The van der Waals surface area contributed by atoms with Gasteiger partial charge in [0.15, 0.2) is 5.96 Å². The standard InChI is InChI=1S/C14H29N3O2/c1-5-7-8-12(6-2)11-17-14(15-3)16-10-9-13(18)19-4/h12H,5-11H2,1-4H3,(H2,15,16,17). The Morgan fingerprint density at radius 2 is 2.05 bits per heavy atom. The van der Waals surface area contributed by atoms with Crippen molar-refractivity contribution in [2.75, 3.05) is 27.2 Å². The molecule has 0 fully saturated rings. The Morgan fingerprint density at radius 1 is 1.32 bits per heavy atom. The molecule has 0 bridgehead atoms. The summed E-state index contributed by atoms with van der Waals surface area (Å²) in [6.45, 7) is 5.90. The third-order valence-corrected chi connectivity index (χ3v) is 3.17. The Labute approximate surface area is 117 Å². The van der Waals surface area contributed by atoms with Gasteiger partial charge in [-0.05, 0) is 12.3 Å². The Hall–Kier alpha value is -1.26. The number of nitrogens with zero attached hydrogens (tertiary/aromatic N) is 1. The van der Waals surface area contributed by atoms with Gasteiger partial charge in [-0.15, -0.1) is 0 Å². The minimum atomic E-state index is -0.211. The predicted molar refractivity (Wildman–Crippen MR) is 79.3 cm³/mol. The SMILES string of the molecule is CCCCC(CC)CNC(=NC)NCCC(=O)OC. The van der Waals surface area contributed by atoms with Gasteiger partial charge in [-0.25, -0.2) is 0 Å². The topological polar surface area (TPSA) is 62.7 Å². The second-order valence-electron chi connectivity index (χ2n) is 4.62. The number of guanidine groups is 1. The third kappa shape index (κ3) is 9.33. The molecule has 1 unspecified atom stereocenters. The number of ether oxygens (including phenoxy) is 1. The van der Waals surface area contributed by atoms with E-state index in [2.05, 4.69) is 34.2 Å². The number of hydrogen-bond donors (Lipinski definition) is 2. The van der Waals surface area contributed by atoms with Crippen molar-refractivity contribution in [2.24, 2.45) is 10.9 Å². The monoisotopic (exact) mass is 271 g/mol. The van der Waals surface area contributed by atoms with Gasteiger partial charge in [-0.3, -0.25) is 9.79 Å². The average molecular weight is 271 g/mol. The van der Waals surface area contributed by atoms with Crippen molar-refractivity contribution in [2.45, 2.75) is 46.0 Å². The molecule has 0 amide bonds. The fraction of sp³-hybridized carbons (Fsp3) is 0.857.